The van der Waals surface area contributed by atoms with Crippen LogP contribution in [0, 0.1) is 6.92 Å². The number of aromatic nitrogens is 1. The Hall–Kier alpha value is -2.59. The van der Waals surface area contributed by atoms with Gasteiger partial charge in [0.05, 0.1) is 0 Å². The van der Waals surface area contributed by atoms with E-state index in [1.54, 1.807) is 23.1 Å². The first-order valence-corrected chi connectivity index (χ1v) is 8.64. The predicted molar refractivity (Wildman–Crippen MR) is 98.1 cm³/mol. The maximum absolute atomic E-state index is 12.9. The summed E-state index contributed by atoms with van der Waals surface area (Å²) in [6.07, 6.45) is 1.94. The molecule has 0 fully saturated rings. The Bertz CT molecular complexity index is 948. The number of anilines is 1. The molecule has 0 saturated carbocycles. The van der Waals surface area contributed by atoms with Crippen LogP contribution in [0.3, 0.4) is 0 Å². The third kappa shape index (κ3) is 3.05. The predicted octanol–water partition coefficient (Wildman–Crippen LogP) is 4.90. The SMILES string of the molecule is Cc1ccc2c(c1)CCCN2C(=O)c1cc(-c2cccc(Cl)c2)on1. The van der Waals surface area contributed by atoms with Gasteiger partial charge in [-0.25, -0.2) is 0 Å². The number of benzene rings is 2. The molecule has 1 amide bonds. The second-order valence-corrected chi connectivity index (χ2v) is 6.72. The topological polar surface area (TPSA) is 46.3 Å². The average molecular weight is 353 g/mol. The van der Waals surface area contributed by atoms with Crippen molar-refractivity contribution < 1.29 is 9.32 Å². The molecule has 4 rings (SSSR count). The van der Waals surface area contributed by atoms with Crippen LogP contribution in [-0.4, -0.2) is 17.6 Å². The highest BCUT2D eigenvalue weighted by molar-refractivity contribution is 6.30. The fraction of sp³-hybridized carbons (Fsp3) is 0.200. The number of hydrogen-bond donors (Lipinski definition) is 0. The minimum Gasteiger partial charge on any atom is -0.355 e. The third-order valence-electron chi connectivity index (χ3n) is 4.44. The van der Waals surface area contributed by atoms with Crippen LogP contribution >= 0.6 is 11.6 Å². The van der Waals surface area contributed by atoms with E-state index in [2.05, 4.69) is 18.1 Å². The molecule has 2 heterocycles. The minimum absolute atomic E-state index is 0.137. The molecule has 0 bridgehead atoms. The van der Waals surface area contributed by atoms with Crippen molar-refractivity contribution in [2.45, 2.75) is 19.8 Å². The molecule has 25 heavy (non-hydrogen) atoms. The van der Waals surface area contributed by atoms with Crippen LogP contribution < -0.4 is 4.90 Å². The van der Waals surface area contributed by atoms with Gasteiger partial charge in [-0.15, -0.1) is 0 Å². The van der Waals surface area contributed by atoms with Crippen LogP contribution in [0.25, 0.3) is 11.3 Å². The van der Waals surface area contributed by atoms with Crippen LogP contribution in [0.1, 0.15) is 28.0 Å². The molecular formula is C20H17ClN2O2. The largest absolute Gasteiger partial charge is 0.355 e. The maximum Gasteiger partial charge on any atom is 0.280 e. The number of nitrogens with zero attached hydrogens (tertiary/aromatic N) is 2. The van der Waals surface area contributed by atoms with Gasteiger partial charge in [0.1, 0.15) is 0 Å². The van der Waals surface area contributed by atoms with Crippen molar-refractivity contribution in [3.63, 3.8) is 0 Å². The lowest BCUT2D eigenvalue weighted by molar-refractivity contribution is 0.0976. The van der Waals surface area contributed by atoms with Gasteiger partial charge in [-0.3, -0.25) is 4.79 Å². The quantitative estimate of drug-likeness (QED) is 0.659. The monoisotopic (exact) mass is 352 g/mol. The lowest BCUT2D eigenvalue weighted by atomic mass is 9.99. The number of carbonyl (C=O) groups excluding carboxylic acids is 1. The van der Waals surface area contributed by atoms with E-state index in [4.69, 9.17) is 16.1 Å². The number of carbonyl (C=O) groups is 1. The Morgan fingerprint density at radius 2 is 2.08 bits per heavy atom. The van der Waals surface area contributed by atoms with E-state index in [0.717, 1.165) is 24.1 Å². The van der Waals surface area contributed by atoms with Gasteiger partial charge in [-0.1, -0.05) is 46.6 Å². The minimum atomic E-state index is -0.137. The summed E-state index contributed by atoms with van der Waals surface area (Å²) >= 11 is 6.02. The molecule has 0 atom stereocenters. The molecule has 1 aromatic heterocycles. The number of amides is 1. The average Bonchev–Trinajstić information content (AvgIpc) is 3.10. The fourth-order valence-electron chi connectivity index (χ4n) is 3.23. The molecule has 1 aliphatic heterocycles. The summed E-state index contributed by atoms with van der Waals surface area (Å²) in [6, 6.07) is 15.2. The molecular weight excluding hydrogens is 336 g/mol. The molecule has 0 saturated heterocycles. The van der Waals surface area contributed by atoms with Gasteiger partial charge in [-0.05, 0) is 43.5 Å². The molecule has 4 nitrogen and oxygen atoms in total. The van der Waals surface area contributed by atoms with E-state index >= 15 is 0 Å². The molecule has 0 N–H and O–H groups in total. The van der Waals surface area contributed by atoms with Gasteiger partial charge in [0.25, 0.3) is 5.91 Å². The van der Waals surface area contributed by atoms with Crippen molar-refractivity contribution in [1.82, 2.24) is 5.16 Å². The highest BCUT2D eigenvalue weighted by Gasteiger charge is 2.26. The van der Waals surface area contributed by atoms with Crippen LogP contribution in [0.4, 0.5) is 5.69 Å². The standard InChI is InChI=1S/C20H17ClN2O2/c1-13-7-8-18-14(10-13)5-3-9-23(18)20(24)17-12-19(25-22-17)15-4-2-6-16(21)11-15/h2,4,6-8,10-12H,3,5,9H2,1H3. The Kier molecular flexibility index (Phi) is 4.06. The lowest BCUT2D eigenvalue weighted by Crippen LogP contribution is -2.35. The second kappa shape index (κ2) is 6.37. The molecule has 126 valence electrons. The first-order chi connectivity index (χ1) is 12.1. The Balaban J connectivity index is 1.65. The van der Waals surface area contributed by atoms with E-state index in [0.29, 0.717) is 23.0 Å². The van der Waals surface area contributed by atoms with Crippen molar-refractivity contribution in [1.29, 1.82) is 0 Å². The summed E-state index contributed by atoms with van der Waals surface area (Å²) in [5, 5.41) is 4.59. The van der Waals surface area contributed by atoms with Gasteiger partial charge >= 0.3 is 0 Å². The number of halogens is 1. The van der Waals surface area contributed by atoms with Crippen molar-refractivity contribution in [3.05, 3.63) is 70.4 Å². The van der Waals surface area contributed by atoms with Crippen LogP contribution in [0.15, 0.2) is 53.1 Å². The van der Waals surface area contributed by atoms with E-state index in [-0.39, 0.29) is 5.91 Å². The lowest BCUT2D eigenvalue weighted by Gasteiger charge is -2.29. The molecule has 0 spiro atoms. The number of fused-ring (bicyclic) bond motifs is 1. The van der Waals surface area contributed by atoms with Gasteiger partial charge < -0.3 is 9.42 Å². The fourth-order valence-corrected chi connectivity index (χ4v) is 3.42. The summed E-state index contributed by atoms with van der Waals surface area (Å²) in [6.45, 7) is 2.75. The van der Waals surface area contributed by atoms with Gasteiger partial charge in [0.2, 0.25) is 0 Å². The molecule has 0 unspecified atom stereocenters. The molecule has 0 radical (unpaired) electrons. The van der Waals surface area contributed by atoms with E-state index in [9.17, 15) is 4.79 Å². The van der Waals surface area contributed by atoms with Gasteiger partial charge in [-0.2, -0.15) is 0 Å². The zero-order valence-corrected chi connectivity index (χ0v) is 14.6. The van der Waals surface area contributed by atoms with Crippen LogP contribution in [0.2, 0.25) is 5.02 Å². The summed E-state index contributed by atoms with van der Waals surface area (Å²) < 4.78 is 5.37. The number of rotatable bonds is 2. The first kappa shape index (κ1) is 15.9. The Labute approximate surface area is 151 Å². The van der Waals surface area contributed by atoms with Crippen molar-refractivity contribution >= 4 is 23.2 Å². The number of hydrogen-bond acceptors (Lipinski definition) is 3. The molecule has 0 aliphatic carbocycles. The first-order valence-electron chi connectivity index (χ1n) is 8.26. The molecule has 3 aromatic rings. The smallest absolute Gasteiger partial charge is 0.280 e. The highest BCUT2D eigenvalue weighted by atomic mass is 35.5. The van der Waals surface area contributed by atoms with Gasteiger partial charge in [0.15, 0.2) is 11.5 Å². The molecule has 5 heteroatoms. The number of aryl methyl sites for hydroxylation is 2. The van der Waals surface area contributed by atoms with Gasteiger partial charge in [0, 0.05) is 28.9 Å². The summed E-state index contributed by atoms with van der Waals surface area (Å²) in [5.41, 5.74) is 4.49. The Morgan fingerprint density at radius 3 is 2.92 bits per heavy atom. The van der Waals surface area contributed by atoms with E-state index in [1.807, 2.05) is 24.3 Å². The summed E-state index contributed by atoms with van der Waals surface area (Å²) in [7, 11) is 0. The summed E-state index contributed by atoms with van der Waals surface area (Å²) in [5.74, 6) is 0.397. The third-order valence-corrected chi connectivity index (χ3v) is 4.67. The van der Waals surface area contributed by atoms with E-state index < -0.39 is 0 Å². The van der Waals surface area contributed by atoms with Crippen molar-refractivity contribution in [2.24, 2.45) is 0 Å². The maximum atomic E-state index is 12.9. The molecule has 1 aliphatic rings. The van der Waals surface area contributed by atoms with Crippen molar-refractivity contribution in [3.8, 4) is 11.3 Å². The zero-order chi connectivity index (χ0) is 17.4. The second-order valence-electron chi connectivity index (χ2n) is 6.28. The van der Waals surface area contributed by atoms with E-state index in [1.165, 1.54) is 11.1 Å². The molecule has 2 aromatic carbocycles. The summed E-state index contributed by atoms with van der Waals surface area (Å²) in [4.78, 5) is 14.7. The highest BCUT2D eigenvalue weighted by Crippen LogP contribution is 2.30. The van der Waals surface area contributed by atoms with Crippen molar-refractivity contribution in [2.75, 3.05) is 11.4 Å². The normalized spacial score (nSPS) is 13.6. The van der Waals surface area contributed by atoms with Crippen LogP contribution in [0.5, 0.6) is 0 Å². The zero-order valence-electron chi connectivity index (χ0n) is 13.8. The van der Waals surface area contributed by atoms with Crippen LogP contribution in [-0.2, 0) is 6.42 Å². The Morgan fingerprint density at radius 1 is 1.20 bits per heavy atom.